The van der Waals surface area contributed by atoms with Crippen LogP contribution in [-0.4, -0.2) is 24.2 Å². The van der Waals surface area contributed by atoms with Gasteiger partial charge in [-0.3, -0.25) is 0 Å². The normalized spacial score (nSPS) is 12.4. The second-order valence-electron chi connectivity index (χ2n) is 5.60. The largest absolute Gasteiger partial charge is 0.493 e. The van der Waals surface area contributed by atoms with Crippen LogP contribution in [0.4, 0.5) is 26.3 Å². The van der Waals surface area contributed by atoms with Gasteiger partial charge < -0.3 is 14.5 Å². The molecule has 10 heteroatoms. The maximum atomic E-state index is 13.0. The van der Waals surface area contributed by atoms with Crippen LogP contribution in [0.3, 0.4) is 0 Å². The lowest BCUT2D eigenvalue weighted by Gasteiger charge is -2.13. The Balaban J connectivity index is 2.20. The van der Waals surface area contributed by atoms with E-state index < -0.39 is 23.5 Å². The summed E-state index contributed by atoms with van der Waals surface area (Å²) in [5.41, 5.74) is -2.50. The predicted octanol–water partition coefficient (Wildman–Crippen LogP) is 5.28. The van der Waals surface area contributed by atoms with Crippen LogP contribution in [-0.2, 0) is 12.4 Å². The molecule has 0 aliphatic heterocycles. The second-order valence-corrected chi connectivity index (χ2v) is 5.60. The molecule has 0 radical (unpaired) electrons. The Morgan fingerprint density at radius 1 is 0.778 bits per heavy atom. The Bertz CT molecular complexity index is 918. The fourth-order valence-electron chi connectivity index (χ4n) is 2.57. The van der Waals surface area contributed by atoms with Crippen LogP contribution in [0.1, 0.15) is 11.1 Å². The Hall–Kier alpha value is -2.91. The number of ether oxygens (including phenoxy) is 2. The Morgan fingerprint density at radius 3 is 1.78 bits per heavy atom. The lowest BCUT2D eigenvalue weighted by atomic mass is 10.0. The molecule has 0 fully saturated rings. The van der Waals surface area contributed by atoms with Gasteiger partial charge >= 0.3 is 12.4 Å². The lowest BCUT2D eigenvalue weighted by Crippen LogP contribution is -2.11. The Morgan fingerprint density at radius 2 is 1.30 bits per heavy atom. The fourth-order valence-corrected chi connectivity index (χ4v) is 2.57. The van der Waals surface area contributed by atoms with Crippen molar-refractivity contribution < 1.29 is 35.8 Å². The zero-order valence-corrected chi connectivity index (χ0v) is 13.9. The van der Waals surface area contributed by atoms with Crippen molar-refractivity contribution in [1.82, 2.24) is 9.97 Å². The quantitative estimate of drug-likeness (QED) is 0.619. The van der Waals surface area contributed by atoms with Crippen LogP contribution in [0.5, 0.6) is 11.5 Å². The number of alkyl halides is 6. The molecule has 1 aromatic heterocycles. The molecule has 0 amide bonds. The standard InChI is InChI=1S/C17H12F6N2O2/c1-26-13-6-11-12(7-14(13)27-2)25-15(24-11)8-3-9(16(18,19)20)5-10(4-8)17(21,22)23/h3-7H,1-2H3,(H,24,25). The highest BCUT2D eigenvalue weighted by molar-refractivity contribution is 5.83. The first-order chi connectivity index (χ1) is 12.5. The number of H-pyrrole nitrogens is 1. The maximum Gasteiger partial charge on any atom is 0.416 e. The van der Waals surface area contributed by atoms with Gasteiger partial charge in [0.15, 0.2) is 11.5 Å². The summed E-state index contributed by atoms with van der Waals surface area (Å²) in [6, 6.07) is 4.25. The summed E-state index contributed by atoms with van der Waals surface area (Å²) in [4.78, 5) is 6.80. The van der Waals surface area contributed by atoms with Gasteiger partial charge in [0.25, 0.3) is 0 Å². The van der Waals surface area contributed by atoms with E-state index in [1.807, 2.05) is 0 Å². The van der Waals surface area contributed by atoms with Crippen molar-refractivity contribution in [3.05, 3.63) is 41.5 Å². The van der Waals surface area contributed by atoms with Crippen LogP contribution < -0.4 is 9.47 Å². The first kappa shape index (κ1) is 18.9. The summed E-state index contributed by atoms with van der Waals surface area (Å²) in [5, 5.41) is 0. The molecule has 1 N–H and O–H groups in total. The minimum absolute atomic E-state index is 0.0677. The number of aromatic nitrogens is 2. The molecule has 27 heavy (non-hydrogen) atoms. The fraction of sp³-hybridized carbons (Fsp3) is 0.235. The molecule has 4 nitrogen and oxygen atoms in total. The minimum atomic E-state index is -4.94. The van der Waals surface area contributed by atoms with Crippen LogP contribution in [0.2, 0.25) is 0 Å². The van der Waals surface area contributed by atoms with E-state index in [9.17, 15) is 26.3 Å². The smallest absolute Gasteiger partial charge is 0.416 e. The highest BCUT2D eigenvalue weighted by atomic mass is 19.4. The second kappa shape index (κ2) is 6.36. The molecule has 1 heterocycles. The van der Waals surface area contributed by atoms with Gasteiger partial charge in [-0.25, -0.2) is 4.98 Å². The van der Waals surface area contributed by atoms with Gasteiger partial charge in [0.2, 0.25) is 0 Å². The molecule has 3 rings (SSSR count). The number of rotatable bonds is 3. The molecule has 0 unspecified atom stereocenters. The van der Waals surface area contributed by atoms with E-state index in [0.29, 0.717) is 34.7 Å². The van der Waals surface area contributed by atoms with Crippen LogP contribution in [0.15, 0.2) is 30.3 Å². The molecular weight excluding hydrogens is 378 g/mol. The third-order valence-electron chi connectivity index (χ3n) is 3.85. The van der Waals surface area contributed by atoms with Crippen molar-refractivity contribution in [2.45, 2.75) is 12.4 Å². The molecular formula is C17H12F6N2O2. The van der Waals surface area contributed by atoms with E-state index in [4.69, 9.17) is 9.47 Å². The van der Waals surface area contributed by atoms with Crippen LogP contribution in [0.25, 0.3) is 22.4 Å². The summed E-state index contributed by atoms with van der Waals surface area (Å²) in [7, 11) is 2.78. The summed E-state index contributed by atoms with van der Waals surface area (Å²) < 4.78 is 88.4. The third-order valence-corrected chi connectivity index (χ3v) is 3.85. The Kier molecular flexibility index (Phi) is 4.44. The van der Waals surface area contributed by atoms with E-state index in [2.05, 4.69) is 9.97 Å². The zero-order chi connectivity index (χ0) is 20.0. The Labute approximate surface area is 148 Å². The number of fused-ring (bicyclic) bond motifs is 1. The van der Waals surface area contributed by atoms with Gasteiger partial charge in [0, 0.05) is 17.7 Å². The number of benzene rings is 2. The third kappa shape index (κ3) is 3.64. The van der Waals surface area contributed by atoms with Crippen LogP contribution >= 0.6 is 0 Å². The van der Waals surface area contributed by atoms with Crippen molar-refractivity contribution in [3.8, 4) is 22.9 Å². The number of methoxy groups -OCH3 is 2. The number of nitrogens with one attached hydrogen (secondary N) is 1. The number of nitrogens with zero attached hydrogens (tertiary/aromatic N) is 1. The molecule has 0 saturated carbocycles. The molecule has 0 aliphatic rings. The maximum absolute atomic E-state index is 13.0. The number of aromatic amines is 1. The van der Waals surface area contributed by atoms with Gasteiger partial charge in [0.1, 0.15) is 5.82 Å². The molecule has 0 aliphatic carbocycles. The van der Waals surface area contributed by atoms with E-state index >= 15 is 0 Å². The van der Waals surface area contributed by atoms with Crippen molar-refractivity contribution >= 4 is 11.0 Å². The molecule has 0 bridgehead atoms. The number of hydrogen-bond acceptors (Lipinski definition) is 3. The molecule has 3 aromatic rings. The first-order valence-corrected chi connectivity index (χ1v) is 7.44. The molecule has 0 spiro atoms. The SMILES string of the molecule is COc1cc2nc(-c3cc(C(F)(F)F)cc(C(F)(F)F)c3)[nH]c2cc1OC. The number of imidazole rings is 1. The first-order valence-electron chi connectivity index (χ1n) is 7.44. The van der Waals surface area contributed by atoms with E-state index in [0.717, 1.165) is 0 Å². The molecule has 144 valence electrons. The summed E-state index contributed by atoms with van der Waals surface area (Å²) in [5.74, 6) is 0.514. The highest BCUT2D eigenvalue weighted by Crippen LogP contribution is 2.39. The van der Waals surface area contributed by atoms with Crippen molar-refractivity contribution in [3.63, 3.8) is 0 Å². The van der Waals surface area contributed by atoms with E-state index in [1.54, 1.807) is 0 Å². The van der Waals surface area contributed by atoms with Crippen molar-refractivity contribution in [2.75, 3.05) is 14.2 Å². The summed E-state index contributed by atoms with van der Waals surface area (Å²) in [6.07, 6.45) is -9.87. The van der Waals surface area contributed by atoms with Gasteiger partial charge in [-0.05, 0) is 18.2 Å². The van der Waals surface area contributed by atoms with Crippen molar-refractivity contribution in [2.24, 2.45) is 0 Å². The number of hydrogen-bond donors (Lipinski definition) is 1. The molecule has 0 saturated heterocycles. The summed E-state index contributed by atoms with van der Waals surface area (Å²) >= 11 is 0. The van der Waals surface area contributed by atoms with Gasteiger partial charge in [-0.1, -0.05) is 0 Å². The van der Waals surface area contributed by atoms with Gasteiger partial charge in [0.05, 0.1) is 36.4 Å². The zero-order valence-electron chi connectivity index (χ0n) is 13.9. The average molecular weight is 390 g/mol. The van der Waals surface area contributed by atoms with Crippen molar-refractivity contribution in [1.29, 1.82) is 0 Å². The monoisotopic (exact) mass is 390 g/mol. The number of halogens is 6. The highest BCUT2D eigenvalue weighted by Gasteiger charge is 2.37. The van der Waals surface area contributed by atoms with E-state index in [-0.39, 0.29) is 17.5 Å². The topological polar surface area (TPSA) is 47.1 Å². The van der Waals surface area contributed by atoms with Gasteiger partial charge in [-0.2, -0.15) is 26.3 Å². The van der Waals surface area contributed by atoms with Crippen LogP contribution in [0, 0.1) is 0 Å². The van der Waals surface area contributed by atoms with Gasteiger partial charge in [-0.15, -0.1) is 0 Å². The summed E-state index contributed by atoms with van der Waals surface area (Å²) in [6.45, 7) is 0. The molecule has 0 atom stereocenters. The predicted molar refractivity (Wildman–Crippen MR) is 84.6 cm³/mol. The minimum Gasteiger partial charge on any atom is -0.493 e. The molecule has 2 aromatic carbocycles. The lowest BCUT2D eigenvalue weighted by molar-refractivity contribution is -0.143. The van der Waals surface area contributed by atoms with E-state index in [1.165, 1.54) is 26.4 Å². The average Bonchev–Trinajstić information content (AvgIpc) is 3.01.